The molecule has 0 saturated carbocycles. The molecule has 1 N–H and O–H groups in total. The van der Waals surface area contributed by atoms with E-state index in [9.17, 15) is 9.59 Å². The fourth-order valence-corrected chi connectivity index (χ4v) is 3.36. The van der Waals surface area contributed by atoms with E-state index in [0.29, 0.717) is 52.1 Å². The Morgan fingerprint density at radius 2 is 1.81 bits per heavy atom. The lowest BCUT2D eigenvalue weighted by molar-refractivity contribution is 0.0931. The van der Waals surface area contributed by atoms with E-state index < -0.39 is 0 Å². The number of carbonyl (C=O) groups excluding carboxylic acids is 2. The van der Waals surface area contributed by atoms with Crippen LogP contribution in [0.2, 0.25) is 5.02 Å². The van der Waals surface area contributed by atoms with Crippen LogP contribution in [0, 0.1) is 0 Å². The van der Waals surface area contributed by atoms with Gasteiger partial charge in [-0.05, 0) is 54.1 Å². The third-order valence-electron chi connectivity index (χ3n) is 4.89. The molecule has 0 atom stereocenters. The van der Waals surface area contributed by atoms with Gasteiger partial charge in [-0.2, -0.15) is 0 Å². The standard InChI is InChI=1S/C24H20ClNO5/c1-29-21-11-10-19-20(27)12-13-30-23(19)22(21)26-24(28)16-4-8-18(9-5-16)31-14-15-2-6-17(25)7-3-15/h2-11H,12-14H2,1H3,(H,26,28). The van der Waals surface area contributed by atoms with Crippen LogP contribution < -0.4 is 19.5 Å². The second-order valence-corrected chi connectivity index (χ2v) is 7.37. The van der Waals surface area contributed by atoms with Crippen LogP contribution in [0.4, 0.5) is 5.69 Å². The largest absolute Gasteiger partial charge is 0.494 e. The lowest BCUT2D eigenvalue weighted by Gasteiger charge is -2.21. The Bertz CT molecular complexity index is 1110. The molecule has 0 saturated heterocycles. The number of hydrogen-bond acceptors (Lipinski definition) is 5. The number of amides is 1. The van der Waals surface area contributed by atoms with E-state index in [-0.39, 0.29) is 18.3 Å². The Labute approximate surface area is 184 Å². The maximum atomic E-state index is 12.8. The molecule has 0 unspecified atom stereocenters. The van der Waals surface area contributed by atoms with Crippen LogP contribution in [0.3, 0.4) is 0 Å². The quantitative estimate of drug-likeness (QED) is 0.577. The molecule has 1 heterocycles. The smallest absolute Gasteiger partial charge is 0.255 e. The van der Waals surface area contributed by atoms with Crippen LogP contribution >= 0.6 is 11.6 Å². The van der Waals surface area contributed by atoms with Crippen molar-refractivity contribution < 1.29 is 23.8 Å². The topological polar surface area (TPSA) is 73.9 Å². The van der Waals surface area contributed by atoms with Crippen molar-refractivity contribution in [2.45, 2.75) is 13.0 Å². The molecule has 6 nitrogen and oxygen atoms in total. The van der Waals surface area contributed by atoms with Crippen LogP contribution in [-0.2, 0) is 6.61 Å². The van der Waals surface area contributed by atoms with Gasteiger partial charge in [0.2, 0.25) is 0 Å². The van der Waals surface area contributed by atoms with E-state index in [1.165, 1.54) is 7.11 Å². The van der Waals surface area contributed by atoms with Gasteiger partial charge in [0.25, 0.3) is 5.91 Å². The molecule has 0 aromatic heterocycles. The van der Waals surface area contributed by atoms with E-state index in [0.717, 1.165) is 5.56 Å². The fourth-order valence-electron chi connectivity index (χ4n) is 3.24. The predicted octanol–water partition coefficient (Wildman–Crippen LogP) is 5.15. The Morgan fingerprint density at radius 3 is 2.52 bits per heavy atom. The van der Waals surface area contributed by atoms with E-state index in [1.807, 2.05) is 24.3 Å². The van der Waals surface area contributed by atoms with Crippen LogP contribution in [0.1, 0.15) is 32.7 Å². The maximum absolute atomic E-state index is 12.8. The summed E-state index contributed by atoms with van der Waals surface area (Å²) in [5, 5.41) is 3.49. The number of anilines is 1. The number of hydrogen-bond donors (Lipinski definition) is 1. The summed E-state index contributed by atoms with van der Waals surface area (Å²) in [6, 6.07) is 17.5. The zero-order chi connectivity index (χ0) is 21.8. The van der Waals surface area contributed by atoms with E-state index in [4.69, 9.17) is 25.8 Å². The number of halogens is 1. The summed E-state index contributed by atoms with van der Waals surface area (Å²) in [6.45, 7) is 0.656. The number of carbonyl (C=O) groups is 2. The molecule has 3 aromatic rings. The fraction of sp³-hybridized carbons (Fsp3) is 0.167. The van der Waals surface area contributed by atoms with Crippen LogP contribution in [0.5, 0.6) is 17.2 Å². The molecule has 0 spiro atoms. The Balaban J connectivity index is 1.47. The molecule has 4 rings (SSSR count). The molecule has 1 aliphatic rings. The van der Waals surface area contributed by atoms with Gasteiger partial charge in [-0.15, -0.1) is 0 Å². The van der Waals surface area contributed by atoms with Crippen molar-refractivity contribution in [3.8, 4) is 17.2 Å². The third kappa shape index (κ3) is 4.64. The first-order valence-electron chi connectivity index (χ1n) is 9.71. The summed E-state index contributed by atoms with van der Waals surface area (Å²) in [7, 11) is 1.49. The van der Waals surface area contributed by atoms with Gasteiger partial charge in [-0.25, -0.2) is 0 Å². The molecule has 0 radical (unpaired) electrons. The number of ether oxygens (including phenoxy) is 3. The molecule has 0 bridgehead atoms. The lowest BCUT2D eigenvalue weighted by atomic mass is 10.0. The normalized spacial score (nSPS) is 12.5. The molecular formula is C24H20ClNO5. The molecule has 0 aliphatic carbocycles. The number of fused-ring (bicyclic) bond motifs is 1. The SMILES string of the molecule is COc1ccc2c(c1NC(=O)c1ccc(OCc3ccc(Cl)cc3)cc1)OCCC2=O. The van der Waals surface area contributed by atoms with E-state index in [2.05, 4.69) is 5.32 Å². The van der Waals surface area contributed by atoms with Crippen molar-refractivity contribution in [1.82, 2.24) is 0 Å². The summed E-state index contributed by atoms with van der Waals surface area (Å²) in [4.78, 5) is 25.0. The van der Waals surface area contributed by atoms with Gasteiger partial charge in [0, 0.05) is 17.0 Å². The molecule has 1 aliphatic heterocycles. The van der Waals surface area contributed by atoms with Gasteiger partial charge < -0.3 is 19.5 Å². The Hall–Kier alpha value is -3.51. The Kier molecular flexibility index (Phi) is 6.09. The summed E-state index contributed by atoms with van der Waals surface area (Å²) >= 11 is 5.89. The van der Waals surface area contributed by atoms with Crippen LogP contribution in [-0.4, -0.2) is 25.4 Å². The first-order chi connectivity index (χ1) is 15.0. The highest BCUT2D eigenvalue weighted by Crippen LogP contribution is 2.40. The van der Waals surface area contributed by atoms with Gasteiger partial charge in [-0.3, -0.25) is 9.59 Å². The number of Topliss-reactive ketones (excluding diaryl/α,β-unsaturated/α-hetero) is 1. The van der Waals surface area contributed by atoms with E-state index >= 15 is 0 Å². The molecular weight excluding hydrogens is 418 g/mol. The van der Waals surface area contributed by atoms with Gasteiger partial charge in [0.05, 0.1) is 19.3 Å². The molecule has 7 heteroatoms. The molecule has 3 aromatic carbocycles. The van der Waals surface area contributed by atoms with Crippen molar-refractivity contribution in [1.29, 1.82) is 0 Å². The minimum absolute atomic E-state index is 0.0263. The lowest BCUT2D eigenvalue weighted by Crippen LogP contribution is -2.19. The van der Waals surface area contributed by atoms with Crippen molar-refractivity contribution in [2.24, 2.45) is 0 Å². The average Bonchev–Trinajstić information content (AvgIpc) is 2.79. The highest BCUT2D eigenvalue weighted by molar-refractivity contribution is 6.30. The van der Waals surface area contributed by atoms with Gasteiger partial charge in [0.1, 0.15) is 23.8 Å². The summed E-state index contributed by atoms with van der Waals surface area (Å²) in [5.41, 5.74) is 2.21. The van der Waals surface area contributed by atoms with Crippen molar-refractivity contribution in [3.05, 3.63) is 82.4 Å². The Morgan fingerprint density at radius 1 is 1.06 bits per heavy atom. The minimum Gasteiger partial charge on any atom is -0.494 e. The van der Waals surface area contributed by atoms with E-state index in [1.54, 1.807) is 36.4 Å². The molecule has 158 valence electrons. The average molecular weight is 438 g/mol. The number of rotatable bonds is 6. The number of methoxy groups -OCH3 is 1. The minimum atomic E-state index is -0.349. The second kappa shape index (κ2) is 9.10. The van der Waals surface area contributed by atoms with Crippen molar-refractivity contribution >= 4 is 29.0 Å². The van der Waals surface area contributed by atoms with Crippen molar-refractivity contribution in [3.63, 3.8) is 0 Å². The highest BCUT2D eigenvalue weighted by atomic mass is 35.5. The second-order valence-electron chi connectivity index (χ2n) is 6.93. The molecule has 31 heavy (non-hydrogen) atoms. The number of ketones is 1. The van der Waals surface area contributed by atoms with Gasteiger partial charge in [0.15, 0.2) is 11.5 Å². The first kappa shape index (κ1) is 20.8. The first-order valence-corrected chi connectivity index (χ1v) is 10.1. The third-order valence-corrected chi connectivity index (χ3v) is 5.14. The zero-order valence-electron chi connectivity index (χ0n) is 16.8. The highest BCUT2D eigenvalue weighted by Gasteiger charge is 2.25. The summed E-state index contributed by atoms with van der Waals surface area (Å²) in [6.07, 6.45) is 0.310. The van der Waals surface area contributed by atoms with Gasteiger partial charge in [-0.1, -0.05) is 23.7 Å². The molecule has 0 fully saturated rings. The number of nitrogens with one attached hydrogen (secondary N) is 1. The summed E-state index contributed by atoms with van der Waals surface area (Å²) in [5.74, 6) is 1.02. The van der Waals surface area contributed by atoms with Crippen LogP contribution in [0.25, 0.3) is 0 Å². The van der Waals surface area contributed by atoms with Gasteiger partial charge >= 0.3 is 0 Å². The monoisotopic (exact) mass is 437 g/mol. The zero-order valence-corrected chi connectivity index (χ0v) is 17.6. The number of benzene rings is 3. The van der Waals surface area contributed by atoms with Crippen molar-refractivity contribution in [2.75, 3.05) is 19.0 Å². The summed E-state index contributed by atoms with van der Waals surface area (Å²) < 4.78 is 16.8. The van der Waals surface area contributed by atoms with Crippen LogP contribution in [0.15, 0.2) is 60.7 Å². The predicted molar refractivity (Wildman–Crippen MR) is 118 cm³/mol. The maximum Gasteiger partial charge on any atom is 0.255 e. The molecule has 1 amide bonds.